The molecule has 0 spiro atoms. The molecule has 1 atom stereocenters. The fraction of sp³-hybridized carbons (Fsp3) is 0.333. The molecule has 0 radical (unpaired) electrons. The summed E-state index contributed by atoms with van der Waals surface area (Å²) in [6, 6.07) is 15.8. The van der Waals surface area contributed by atoms with E-state index < -0.39 is 0 Å². The van der Waals surface area contributed by atoms with E-state index >= 15 is 0 Å². The lowest BCUT2D eigenvalue weighted by Crippen LogP contribution is -2.18. The highest BCUT2D eigenvalue weighted by molar-refractivity contribution is 5.28. The summed E-state index contributed by atoms with van der Waals surface area (Å²) in [5.74, 6) is 0.631. The summed E-state index contributed by atoms with van der Waals surface area (Å²) in [6.45, 7) is 2.94. The summed E-state index contributed by atoms with van der Waals surface area (Å²) in [6.07, 6.45) is 2.69. The van der Waals surface area contributed by atoms with Gasteiger partial charge in [-0.15, -0.1) is 0 Å². The first kappa shape index (κ1) is 13.3. The van der Waals surface area contributed by atoms with E-state index in [2.05, 4.69) is 36.5 Å². The predicted molar refractivity (Wildman–Crippen MR) is 80.1 cm³/mol. The monoisotopic (exact) mass is 269 g/mol. The molecule has 104 valence electrons. The summed E-state index contributed by atoms with van der Waals surface area (Å²) < 4.78 is 12.9. The first-order valence-electron chi connectivity index (χ1n) is 7.30. The van der Waals surface area contributed by atoms with E-state index in [0.717, 1.165) is 18.0 Å². The fourth-order valence-corrected chi connectivity index (χ4v) is 2.46. The van der Waals surface area contributed by atoms with Crippen molar-refractivity contribution in [1.29, 1.82) is 0 Å². The minimum atomic E-state index is -0.184. The van der Waals surface area contributed by atoms with E-state index in [1.807, 2.05) is 12.1 Å². The van der Waals surface area contributed by atoms with E-state index in [0.29, 0.717) is 0 Å². The standard InChI is InChI=1S/C18H20FN/c1-13(15-8-10-18(19)11-9-15)20-12-14-2-4-16(5-3-14)17-6-7-17/h2-5,8-11,13,17,20H,6-7,12H2,1H3/t13-/m0/s1. The van der Waals surface area contributed by atoms with E-state index in [9.17, 15) is 4.39 Å². The third-order valence-electron chi connectivity index (χ3n) is 4.01. The number of nitrogens with one attached hydrogen (secondary N) is 1. The lowest BCUT2D eigenvalue weighted by molar-refractivity contribution is 0.571. The third-order valence-corrected chi connectivity index (χ3v) is 4.01. The van der Waals surface area contributed by atoms with Crippen LogP contribution in [0, 0.1) is 5.82 Å². The number of hydrogen-bond acceptors (Lipinski definition) is 1. The molecular formula is C18H20FN. The van der Waals surface area contributed by atoms with Crippen LogP contribution in [-0.4, -0.2) is 0 Å². The quantitative estimate of drug-likeness (QED) is 0.839. The van der Waals surface area contributed by atoms with Gasteiger partial charge >= 0.3 is 0 Å². The molecule has 1 nitrogen and oxygen atoms in total. The number of halogens is 1. The molecule has 0 unspecified atom stereocenters. The maximum absolute atomic E-state index is 12.9. The fourth-order valence-electron chi connectivity index (χ4n) is 2.46. The second-order valence-corrected chi connectivity index (χ2v) is 5.67. The van der Waals surface area contributed by atoms with Crippen molar-refractivity contribution in [2.45, 2.75) is 38.3 Å². The molecule has 0 aliphatic heterocycles. The highest BCUT2D eigenvalue weighted by Crippen LogP contribution is 2.39. The van der Waals surface area contributed by atoms with Gasteiger partial charge in [0.05, 0.1) is 0 Å². The van der Waals surface area contributed by atoms with Crippen LogP contribution in [0.3, 0.4) is 0 Å². The Morgan fingerprint density at radius 3 is 2.30 bits per heavy atom. The highest BCUT2D eigenvalue weighted by Gasteiger charge is 2.22. The Hall–Kier alpha value is -1.67. The summed E-state index contributed by atoms with van der Waals surface area (Å²) >= 11 is 0. The molecule has 0 aromatic heterocycles. The van der Waals surface area contributed by atoms with Gasteiger partial charge in [-0.1, -0.05) is 36.4 Å². The summed E-state index contributed by atoms with van der Waals surface area (Å²) in [7, 11) is 0. The van der Waals surface area contributed by atoms with Crippen LogP contribution in [0.5, 0.6) is 0 Å². The van der Waals surface area contributed by atoms with Crippen LogP contribution in [-0.2, 0) is 6.54 Å². The van der Waals surface area contributed by atoms with Crippen LogP contribution in [0.15, 0.2) is 48.5 Å². The Balaban J connectivity index is 1.56. The molecule has 2 heteroatoms. The highest BCUT2D eigenvalue weighted by atomic mass is 19.1. The Bertz CT molecular complexity index is 555. The maximum atomic E-state index is 12.9. The van der Waals surface area contributed by atoms with Gasteiger partial charge in [0.25, 0.3) is 0 Å². The van der Waals surface area contributed by atoms with Gasteiger partial charge in [0, 0.05) is 12.6 Å². The topological polar surface area (TPSA) is 12.0 Å². The van der Waals surface area contributed by atoms with Gasteiger partial charge in [-0.25, -0.2) is 4.39 Å². The van der Waals surface area contributed by atoms with Crippen molar-refractivity contribution in [1.82, 2.24) is 5.32 Å². The van der Waals surface area contributed by atoms with Crippen molar-refractivity contribution in [2.75, 3.05) is 0 Å². The zero-order valence-corrected chi connectivity index (χ0v) is 11.8. The minimum absolute atomic E-state index is 0.184. The lowest BCUT2D eigenvalue weighted by Gasteiger charge is -2.14. The molecule has 1 N–H and O–H groups in total. The van der Waals surface area contributed by atoms with Crippen molar-refractivity contribution in [3.8, 4) is 0 Å². The van der Waals surface area contributed by atoms with Crippen LogP contribution in [0.25, 0.3) is 0 Å². The number of hydrogen-bond donors (Lipinski definition) is 1. The van der Waals surface area contributed by atoms with Crippen LogP contribution < -0.4 is 5.32 Å². The molecule has 1 aliphatic rings. The van der Waals surface area contributed by atoms with Gasteiger partial charge in [-0.2, -0.15) is 0 Å². The Kier molecular flexibility index (Phi) is 3.83. The van der Waals surface area contributed by atoms with Crippen molar-refractivity contribution in [3.05, 3.63) is 71.0 Å². The van der Waals surface area contributed by atoms with Crippen LogP contribution in [0.4, 0.5) is 4.39 Å². The molecular weight excluding hydrogens is 249 g/mol. The zero-order valence-electron chi connectivity index (χ0n) is 11.8. The average Bonchev–Trinajstić information content (AvgIpc) is 3.31. The van der Waals surface area contributed by atoms with Crippen LogP contribution >= 0.6 is 0 Å². The van der Waals surface area contributed by atoms with Crippen molar-refractivity contribution >= 4 is 0 Å². The number of benzene rings is 2. The summed E-state index contributed by atoms with van der Waals surface area (Å²) in [4.78, 5) is 0. The molecule has 0 saturated heterocycles. The second kappa shape index (κ2) is 5.76. The first-order valence-corrected chi connectivity index (χ1v) is 7.30. The van der Waals surface area contributed by atoms with Crippen LogP contribution in [0.2, 0.25) is 0 Å². The molecule has 3 rings (SSSR count). The normalized spacial score (nSPS) is 16.1. The molecule has 1 aliphatic carbocycles. The smallest absolute Gasteiger partial charge is 0.123 e. The first-order chi connectivity index (χ1) is 9.72. The molecule has 20 heavy (non-hydrogen) atoms. The second-order valence-electron chi connectivity index (χ2n) is 5.67. The largest absolute Gasteiger partial charge is 0.306 e. The van der Waals surface area contributed by atoms with Gasteiger partial charge in [0.2, 0.25) is 0 Å². The van der Waals surface area contributed by atoms with E-state index in [1.165, 1.54) is 36.1 Å². The Morgan fingerprint density at radius 2 is 1.70 bits per heavy atom. The molecule has 2 aromatic carbocycles. The van der Waals surface area contributed by atoms with Gasteiger partial charge in [0.1, 0.15) is 5.82 Å². The number of rotatable bonds is 5. The molecule has 1 saturated carbocycles. The van der Waals surface area contributed by atoms with E-state index in [1.54, 1.807) is 0 Å². The van der Waals surface area contributed by atoms with Gasteiger partial charge in [-0.05, 0) is 54.5 Å². The SMILES string of the molecule is C[C@H](NCc1ccc(C2CC2)cc1)c1ccc(F)cc1. The van der Waals surface area contributed by atoms with Crippen molar-refractivity contribution in [2.24, 2.45) is 0 Å². The van der Waals surface area contributed by atoms with Gasteiger partial charge in [0.15, 0.2) is 0 Å². The summed E-state index contributed by atoms with van der Waals surface area (Å²) in [5.41, 5.74) is 3.88. The van der Waals surface area contributed by atoms with Crippen molar-refractivity contribution < 1.29 is 4.39 Å². The van der Waals surface area contributed by atoms with E-state index in [-0.39, 0.29) is 11.9 Å². The zero-order chi connectivity index (χ0) is 13.9. The third kappa shape index (κ3) is 3.26. The lowest BCUT2D eigenvalue weighted by atomic mass is 10.1. The Morgan fingerprint density at radius 1 is 1.05 bits per heavy atom. The Labute approximate surface area is 119 Å². The molecule has 1 fully saturated rings. The van der Waals surface area contributed by atoms with Gasteiger partial charge in [-0.3, -0.25) is 0 Å². The predicted octanol–water partition coefficient (Wildman–Crippen LogP) is 4.55. The molecule has 0 amide bonds. The summed E-state index contributed by atoms with van der Waals surface area (Å²) in [5, 5.41) is 3.48. The molecule has 0 bridgehead atoms. The average molecular weight is 269 g/mol. The molecule has 0 heterocycles. The van der Waals surface area contributed by atoms with Gasteiger partial charge < -0.3 is 5.32 Å². The van der Waals surface area contributed by atoms with Crippen molar-refractivity contribution in [3.63, 3.8) is 0 Å². The van der Waals surface area contributed by atoms with Crippen LogP contribution in [0.1, 0.15) is 48.4 Å². The molecule has 2 aromatic rings. The minimum Gasteiger partial charge on any atom is -0.306 e. The van der Waals surface area contributed by atoms with E-state index in [4.69, 9.17) is 0 Å². The maximum Gasteiger partial charge on any atom is 0.123 e.